The molecule has 1 unspecified atom stereocenters. The summed E-state index contributed by atoms with van der Waals surface area (Å²) in [6, 6.07) is 0. The summed E-state index contributed by atoms with van der Waals surface area (Å²) in [7, 11) is 0. The Labute approximate surface area is 104 Å². The monoisotopic (exact) mass is 282 g/mol. The Morgan fingerprint density at radius 2 is 2.00 bits per heavy atom. The van der Waals surface area contributed by atoms with Crippen molar-refractivity contribution in [3.05, 3.63) is 16.1 Å². The molecule has 9 heteroatoms. The third kappa shape index (κ3) is 2.61. The van der Waals surface area contributed by atoms with E-state index >= 15 is 0 Å². The number of carboxylic acid groups (broad SMARTS) is 1. The van der Waals surface area contributed by atoms with Crippen LogP contribution < -0.4 is 5.32 Å². The average Bonchev–Trinajstić information content (AvgIpc) is 2.62. The highest BCUT2D eigenvalue weighted by molar-refractivity contribution is 7.13. The van der Waals surface area contributed by atoms with Gasteiger partial charge in [-0.05, 0) is 13.8 Å². The molecule has 0 saturated heterocycles. The van der Waals surface area contributed by atoms with Gasteiger partial charge in [0, 0.05) is 0 Å². The number of carbonyl (C=O) groups is 2. The maximum Gasteiger partial charge on any atom is 0.422 e. The minimum atomic E-state index is -5.10. The van der Waals surface area contributed by atoms with Crippen LogP contribution in [-0.2, 0) is 4.79 Å². The van der Waals surface area contributed by atoms with Crippen molar-refractivity contribution in [2.75, 3.05) is 0 Å². The SMILES string of the molecule is Cc1ncc(C(=O)NC(C)(C(=O)O)C(F)(F)F)s1. The van der Waals surface area contributed by atoms with Crippen molar-refractivity contribution in [2.24, 2.45) is 0 Å². The summed E-state index contributed by atoms with van der Waals surface area (Å²) in [4.78, 5) is 25.8. The van der Waals surface area contributed by atoms with E-state index < -0.39 is 23.6 Å². The Bertz CT molecular complexity index is 486. The summed E-state index contributed by atoms with van der Waals surface area (Å²) in [6.07, 6.45) is -4.01. The molecule has 100 valence electrons. The molecule has 1 rings (SSSR count). The van der Waals surface area contributed by atoms with E-state index in [-0.39, 0.29) is 4.88 Å². The van der Waals surface area contributed by atoms with E-state index in [0.717, 1.165) is 17.5 Å². The highest BCUT2D eigenvalue weighted by Crippen LogP contribution is 2.31. The number of thiazole rings is 1. The van der Waals surface area contributed by atoms with Crippen LogP contribution in [0.1, 0.15) is 21.6 Å². The van der Waals surface area contributed by atoms with Gasteiger partial charge in [-0.2, -0.15) is 13.2 Å². The van der Waals surface area contributed by atoms with Gasteiger partial charge in [0.2, 0.25) is 5.54 Å². The van der Waals surface area contributed by atoms with Gasteiger partial charge in [0.15, 0.2) is 0 Å². The minimum absolute atomic E-state index is 0.0794. The maximum absolute atomic E-state index is 12.6. The molecule has 5 nitrogen and oxygen atoms in total. The lowest BCUT2D eigenvalue weighted by molar-refractivity contribution is -0.203. The second-order valence-corrected chi connectivity index (χ2v) is 4.86. The molecule has 0 aliphatic rings. The van der Waals surface area contributed by atoms with E-state index in [1.807, 2.05) is 0 Å². The van der Waals surface area contributed by atoms with E-state index in [0.29, 0.717) is 11.9 Å². The summed E-state index contributed by atoms with van der Waals surface area (Å²) in [6.45, 7) is 1.96. The number of aliphatic carboxylic acids is 1. The van der Waals surface area contributed by atoms with Crippen molar-refractivity contribution in [3.63, 3.8) is 0 Å². The zero-order valence-corrected chi connectivity index (χ0v) is 10.1. The van der Waals surface area contributed by atoms with Gasteiger partial charge < -0.3 is 10.4 Å². The predicted molar refractivity (Wildman–Crippen MR) is 56.4 cm³/mol. The second-order valence-electron chi connectivity index (χ2n) is 3.63. The van der Waals surface area contributed by atoms with Crippen molar-refractivity contribution in [1.29, 1.82) is 0 Å². The maximum atomic E-state index is 12.6. The van der Waals surface area contributed by atoms with Crippen molar-refractivity contribution < 1.29 is 27.9 Å². The Morgan fingerprint density at radius 1 is 1.44 bits per heavy atom. The molecule has 1 amide bonds. The molecule has 2 N–H and O–H groups in total. The topological polar surface area (TPSA) is 79.3 Å². The number of carboxylic acids is 1. The third-order valence-electron chi connectivity index (χ3n) is 2.20. The number of nitrogens with zero attached hydrogens (tertiary/aromatic N) is 1. The first kappa shape index (κ1) is 14.4. The molecule has 0 radical (unpaired) electrons. The molecule has 0 bridgehead atoms. The fourth-order valence-corrected chi connectivity index (χ4v) is 1.67. The van der Waals surface area contributed by atoms with Crippen LogP contribution in [0.25, 0.3) is 0 Å². The first-order valence-corrected chi connectivity index (χ1v) is 5.44. The molecule has 0 aromatic carbocycles. The highest BCUT2D eigenvalue weighted by atomic mass is 32.1. The number of alkyl halides is 3. The third-order valence-corrected chi connectivity index (χ3v) is 3.11. The Hall–Kier alpha value is -1.64. The van der Waals surface area contributed by atoms with Crippen LogP contribution >= 0.6 is 11.3 Å². The zero-order valence-electron chi connectivity index (χ0n) is 9.33. The van der Waals surface area contributed by atoms with Gasteiger partial charge in [-0.15, -0.1) is 11.3 Å². The van der Waals surface area contributed by atoms with Gasteiger partial charge in [-0.3, -0.25) is 4.79 Å². The fraction of sp³-hybridized carbons (Fsp3) is 0.444. The van der Waals surface area contributed by atoms with Gasteiger partial charge in [0.25, 0.3) is 5.91 Å². The molecule has 18 heavy (non-hydrogen) atoms. The number of hydrogen-bond donors (Lipinski definition) is 2. The summed E-state index contributed by atoms with van der Waals surface area (Å²) < 4.78 is 37.9. The number of aryl methyl sites for hydroxylation is 1. The van der Waals surface area contributed by atoms with Crippen LogP contribution in [0.3, 0.4) is 0 Å². The predicted octanol–water partition coefficient (Wildman–Crippen LogP) is 1.59. The first-order valence-electron chi connectivity index (χ1n) is 4.63. The highest BCUT2D eigenvalue weighted by Gasteiger charge is 2.58. The first-order chi connectivity index (χ1) is 8.08. The molecule has 0 saturated carbocycles. The Balaban J connectivity index is 3.00. The van der Waals surface area contributed by atoms with Gasteiger partial charge >= 0.3 is 12.1 Å². The molecule has 0 fully saturated rings. The van der Waals surface area contributed by atoms with E-state index in [1.165, 1.54) is 5.32 Å². The summed E-state index contributed by atoms with van der Waals surface area (Å²) in [5.41, 5.74) is -3.33. The summed E-state index contributed by atoms with van der Waals surface area (Å²) >= 11 is 0.875. The Kier molecular flexibility index (Phi) is 3.65. The molecular formula is C9H9F3N2O3S. The second kappa shape index (κ2) is 4.56. The number of halogens is 3. The quantitative estimate of drug-likeness (QED) is 0.882. The molecule has 1 atom stereocenters. The van der Waals surface area contributed by atoms with Gasteiger partial charge in [-0.1, -0.05) is 0 Å². The van der Waals surface area contributed by atoms with E-state index in [9.17, 15) is 22.8 Å². The van der Waals surface area contributed by atoms with Gasteiger partial charge in [-0.25, -0.2) is 9.78 Å². The van der Waals surface area contributed by atoms with Crippen molar-refractivity contribution >= 4 is 23.2 Å². The normalized spacial score (nSPS) is 14.9. The number of nitrogens with one attached hydrogen (secondary N) is 1. The molecule has 0 aliphatic heterocycles. The molecule has 1 aromatic rings. The molecular weight excluding hydrogens is 273 g/mol. The van der Waals surface area contributed by atoms with Gasteiger partial charge in [0.05, 0.1) is 11.2 Å². The zero-order chi connectivity index (χ0) is 14.1. The largest absolute Gasteiger partial charge is 0.479 e. The number of hydrogen-bond acceptors (Lipinski definition) is 4. The standard InChI is InChI=1S/C9H9F3N2O3S/c1-4-13-3-5(18-4)6(15)14-8(2,7(16)17)9(10,11)12/h3H,1-2H3,(H,14,15)(H,16,17). The van der Waals surface area contributed by atoms with Gasteiger partial charge in [0.1, 0.15) is 4.88 Å². The lowest BCUT2D eigenvalue weighted by atomic mass is 10.0. The van der Waals surface area contributed by atoms with Crippen LogP contribution in [-0.4, -0.2) is 33.7 Å². The average molecular weight is 282 g/mol. The van der Waals surface area contributed by atoms with Crippen molar-refractivity contribution in [1.82, 2.24) is 10.3 Å². The number of carbonyl (C=O) groups excluding carboxylic acids is 1. The van der Waals surface area contributed by atoms with E-state index in [4.69, 9.17) is 5.11 Å². The molecule has 0 spiro atoms. The molecule has 1 heterocycles. The lowest BCUT2D eigenvalue weighted by Crippen LogP contribution is -2.61. The van der Waals surface area contributed by atoms with E-state index in [2.05, 4.69) is 4.98 Å². The number of rotatable bonds is 3. The van der Waals surface area contributed by atoms with Crippen LogP contribution in [0, 0.1) is 6.92 Å². The van der Waals surface area contributed by atoms with Crippen molar-refractivity contribution in [3.8, 4) is 0 Å². The number of amides is 1. The van der Waals surface area contributed by atoms with Crippen LogP contribution in [0.5, 0.6) is 0 Å². The fourth-order valence-electron chi connectivity index (χ4n) is 1.00. The smallest absolute Gasteiger partial charge is 0.422 e. The number of aromatic nitrogens is 1. The molecule has 1 aromatic heterocycles. The van der Waals surface area contributed by atoms with Crippen LogP contribution in [0.15, 0.2) is 6.20 Å². The van der Waals surface area contributed by atoms with Crippen LogP contribution in [0.4, 0.5) is 13.2 Å². The van der Waals surface area contributed by atoms with Crippen molar-refractivity contribution in [2.45, 2.75) is 25.6 Å². The molecule has 0 aliphatic carbocycles. The lowest BCUT2D eigenvalue weighted by Gasteiger charge is -2.28. The minimum Gasteiger partial charge on any atom is -0.479 e. The summed E-state index contributed by atoms with van der Waals surface area (Å²) in [5.74, 6) is -3.30. The Morgan fingerprint density at radius 3 is 2.33 bits per heavy atom. The van der Waals surface area contributed by atoms with Crippen LogP contribution in [0.2, 0.25) is 0 Å². The summed E-state index contributed by atoms with van der Waals surface area (Å²) in [5, 5.41) is 10.6. The van der Waals surface area contributed by atoms with E-state index in [1.54, 1.807) is 6.92 Å².